The van der Waals surface area contributed by atoms with Gasteiger partial charge in [-0.05, 0) is 38.0 Å². The molecule has 0 spiro atoms. The lowest BCUT2D eigenvalue weighted by Crippen LogP contribution is -2.49. The first kappa shape index (κ1) is 20.5. The second-order valence-corrected chi connectivity index (χ2v) is 6.58. The molecule has 0 fully saturated rings. The van der Waals surface area contributed by atoms with Gasteiger partial charge in [-0.15, -0.1) is 0 Å². The smallest absolute Gasteiger partial charge is 0.261 e. The van der Waals surface area contributed by atoms with Crippen LogP contribution in [0.25, 0.3) is 0 Å². The fourth-order valence-electron chi connectivity index (χ4n) is 2.62. The van der Waals surface area contributed by atoms with Crippen LogP contribution in [0, 0.1) is 6.92 Å². The van der Waals surface area contributed by atoms with Gasteiger partial charge in [-0.1, -0.05) is 55.0 Å². The van der Waals surface area contributed by atoms with Crippen LogP contribution in [0.4, 0.5) is 0 Å². The summed E-state index contributed by atoms with van der Waals surface area (Å²) in [4.78, 5) is 26.8. The molecule has 1 atom stereocenters. The third-order valence-electron chi connectivity index (χ3n) is 4.30. The van der Waals surface area contributed by atoms with Crippen molar-refractivity contribution in [2.24, 2.45) is 0 Å². The number of hydrogen-bond donors (Lipinski definition) is 1. The van der Waals surface area contributed by atoms with Gasteiger partial charge >= 0.3 is 0 Å². The second kappa shape index (κ2) is 10.4. The van der Waals surface area contributed by atoms with Crippen molar-refractivity contribution in [3.63, 3.8) is 0 Å². The molecule has 2 aromatic rings. The van der Waals surface area contributed by atoms with Gasteiger partial charge in [0, 0.05) is 13.1 Å². The fraction of sp³-hybridized carbons (Fsp3) is 0.364. The van der Waals surface area contributed by atoms with Crippen molar-refractivity contribution < 1.29 is 14.3 Å². The summed E-state index contributed by atoms with van der Waals surface area (Å²) in [6, 6.07) is 16.6. The molecule has 2 aromatic carbocycles. The Morgan fingerprint density at radius 3 is 2.37 bits per heavy atom. The van der Waals surface area contributed by atoms with Gasteiger partial charge in [0.15, 0.2) is 6.61 Å². The Kier molecular flexibility index (Phi) is 7.86. The SMILES string of the molecule is CCCNC(=O)C(C)N(Cc1ccccc1)C(=O)COc1ccc(C)cc1. The molecule has 0 bridgehead atoms. The number of aryl methyl sites for hydroxylation is 1. The highest BCUT2D eigenvalue weighted by atomic mass is 16.5. The lowest BCUT2D eigenvalue weighted by molar-refractivity contribution is -0.142. The van der Waals surface area contributed by atoms with Gasteiger partial charge in [-0.3, -0.25) is 9.59 Å². The molecule has 0 saturated carbocycles. The third-order valence-corrected chi connectivity index (χ3v) is 4.30. The number of rotatable bonds is 9. The molecule has 5 nitrogen and oxygen atoms in total. The van der Waals surface area contributed by atoms with E-state index in [1.165, 1.54) is 0 Å². The van der Waals surface area contributed by atoms with Crippen molar-refractivity contribution in [3.05, 3.63) is 65.7 Å². The first-order chi connectivity index (χ1) is 13.0. The minimum atomic E-state index is -0.578. The Bertz CT molecular complexity index is 729. The number of amides is 2. The number of hydrogen-bond acceptors (Lipinski definition) is 3. The molecule has 1 unspecified atom stereocenters. The molecule has 27 heavy (non-hydrogen) atoms. The topological polar surface area (TPSA) is 58.6 Å². The van der Waals surface area contributed by atoms with E-state index in [0.717, 1.165) is 17.5 Å². The van der Waals surface area contributed by atoms with Crippen LogP contribution in [0.1, 0.15) is 31.4 Å². The normalized spacial score (nSPS) is 11.5. The Labute approximate surface area is 161 Å². The first-order valence-electron chi connectivity index (χ1n) is 9.31. The molecule has 5 heteroatoms. The van der Waals surface area contributed by atoms with Crippen LogP contribution < -0.4 is 10.1 Å². The van der Waals surface area contributed by atoms with E-state index < -0.39 is 6.04 Å². The summed E-state index contributed by atoms with van der Waals surface area (Å²) in [5.41, 5.74) is 2.09. The molecule has 1 N–H and O–H groups in total. The van der Waals surface area contributed by atoms with E-state index in [1.54, 1.807) is 11.8 Å². The summed E-state index contributed by atoms with van der Waals surface area (Å²) >= 11 is 0. The molecule has 144 valence electrons. The zero-order chi connectivity index (χ0) is 19.6. The summed E-state index contributed by atoms with van der Waals surface area (Å²) in [6.07, 6.45) is 0.849. The number of nitrogens with zero attached hydrogens (tertiary/aromatic N) is 1. The van der Waals surface area contributed by atoms with Crippen LogP contribution >= 0.6 is 0 Å². The predicted octanol–water partition coefficient (Wildman–Crippen LogP) is 3.32. The summed E-state index contributed by atoms with van der Waals surface area (Å²) < 4.78 is 5.63. The van der Waals surface area contributed by atoms with Crippen molar-refractivity contribution in [3.8, 4) is 5.75 Å². The lowest BCUT2D eigenvalue weighted by Gasteiger charge is -2.28. The van der Waals surface area contributed by atoms with E-state index in [2.05, 4.69) is 5.32 Å². The summed E-state index contributed by atoms with van der Waals surface area (Å²) in [6.45, 7) is 6.58. The fourth-order valence-corrected chi connectivity index (χ4v) is 2.62. The number of carbonyl (C=O) groups is 2. The standard InChI is InChI=1S/C22H28N2O3/c1-4-14-23-22(26)18(3)24(15-19-8-6-5-7-9-19)21(25)16-27-20-12-10-17(2)11-13-20/h5-13,18H,4,14-16H2,1-3H3,(H,23,26). The third kappa shape index (κ3) is 6.44. The van der Waals surface area contributed by atoms with Crippen LogP contribution in [0.15, 0.2) is 54.6 Å². The molecule has 0 heterocycles. The van der Waals surface area contributed by atoms with Crippen LogP contribution in [0.3, 0.4) is 0 Å². The predicted molar refractivity (Wildman–Crippen MR) is 106 cm³/mol. The quantitative estimate of drug-likeness (QED) is 0.739. The van der Waals surface area contributed by atoms with Gasteiger partial charge < -0.3 is 15.0 Å². The number of ether oxygens (including phenoxy) is 1. The Balaban J connectivity index is 2.08. The van der Waals surface area contributed by atoms with Gasteiger partial charge in [0.05, 0.1) is 0 Å². The van der Waals surface area contributed by atoms with Gasteiger partial charge in [0.2, 0.25) is 5.91 Å². The van der Waals surface area contributed by atoms with Crippen molar-refractivity contribution in [1.29, 1.82) is 0 Å². The molecule has 0 aliphatic rings. The van der Waals surface area contributed by atoms with Crippen molar-refractivity contribution in [2.45, 2.75) is 39.8 Å². The summed E-state index contributed by atoms with van der Waals surface area (Å²) in [5.74, 6) is 0.256. The maximum Gasteiger partial charge on any atom is 0.261 e. The monoisotopic (exact) mass is 368 g/mol. The van der Waals surface area contributed by atoms with Crippen molar-refractivity contribution in [2.75, 3.05) is 13.2 Å². The summed E-state index contributed by atoms with van der Waals surface area (Å²) in [7, 11) is 0. The molecular weight excluding hydrogens is 340 g/mol. The molecule has 2 amide bonds. The highest BCUT2D eigenvalue weighted by molar-refractivity contribution is 5.87. The molecule has 2 rings (SSSR count). The second-order valence-electron chi connectivity index (χ2n) is 6.58. The van der Waals surface area contributed by atoms with Gasteiger partial charge in [0.1, 0.15) is 11.8 Å². The maximum atomic E-state index is 12.8. The van der Waals surface area contributed by atoms with Gasteiger partial charge in [-0.25, -0.2) is 0 Å². The highest BCUT2D eigenvalue weighted by Gasteiger charge is 2.26. The highest BCUT2D eigenvalue weighted by Crippen LogP contribution is 2.13. The van der Waals surface area contributed by atoms with Crippen molar-refractivity contribution >= 4 is 11.8 Å². The largest absolute Gasteiger partial charge is 0.484 e. The number of nitrogens with one attached hydrogen (secondary N) is 1. The molecular formula is C22H28N2O3. The molecule has 0 radical (unpaired) electrons. The average molecular weight is 368 g/mol. The minimum absolute atomic E-state index is 0.110. The van der Waals surface area contributed by atoms with E-state index in [4.69, 9.17) is 4.74 Å². The van der Waals surface area contributed by atoms with E-state index >= 15 is 0 Å². The maximum absolute atomic E-state index is 12.8. The van der Waals surface area contributed by atoms with Crippen LogP contribution in [0.5, 0.6) is 5.75 Å². The Hall–Kier alpha value is -2.82. The Morgan fingerprint density at radius 2 is 1.74 bits per heavy atom. The van der Waals surface area contributed by atoms with E-state index in [0.29, 0.717) is 18.8 Å². The molecule has 0 aliphatic heterocycles. The van der Waals surface area contributed by atoms with Crippen molar-refractivity contribution in [1.82, 2.24) is 10.2 Å². The average Bonchev–Trinajstić information content (AvgIpc) is 2.69. The first-order valence-corrected chi connectivity index (χ1v) is 9.31. The van der Waals surface area contributed by atoms with Gasteiger partial charge in [-0.2, -0.15) is 0 Å². The summed E-state index contributed by atoms with van der Waals surface area (Å²) in [5, 5.41) is 2.86. The van der Waals surface area contributed by atoms with Crippen LogP contribution in [-0.2, 0) is 16.1 Å². The zero-order valence-electron chi connectivity index (χ0n) is 16.3. The Morgan fingerprint density at radius 1 is 1.07 bits per heavy atom. The molecule has 0 aromatic heterocycles. The zero-order valence-corrected chi connectivity index (χ0v) is 16.3. The number of benzene rings is 2. The molecule has 0 aliphatic carbocycles. The molecule has 0 saturated heterocycles. The van der Waals surface area contributed by atoms with Gasteiger partial charge in [0.25, 0.3) is 5.91 Å². The van der Waals surface area contributed by atoms with Crippen LogP contribution in [-0.4, -0.2) is 35.9 Å². The van der Waals surface area contributed by atoms with E-state index in [9.17, 15) is 9.59 Å². The lowest BCUT2D eigenvalue weighted by atomic mass is 10.1. The van der Waals surface area contributed by atoms with E-state index in [1.807, 2.05) is 68.4 Å². The van der Waals surface area contributed by atoms with Crippen LogP contribution in [0.2, 0.25) is 0 Å². The number of carbonyl (C=O) groups excluding carboxylic acids is 2. The minimum Gasteiger partial charge on any atom is -0.484 e. The van der Waals surface area contributed by atoms with E-state index in [-0.39, 0.29) is 18.4 Å².